The van der Waals surface area contributed by atoms with Crippen molar-refractivity contribution in [3.8, 4) is 22.9 Å². The third kappa shape index (κ3) is 3.05. The first-order valence-corrected chi connectivity index (χ1v) is 7.80. The highest BCUT2D eigenvalue weighted by molar-refractivity contribution is 5.62. The van der Waals surface area contributed by atoms with E-state index >= 15 is 0 Å². The Morgan fingerprint density at radius 1 is 0.962 bits per heavy atom. The average molecular weight is 349 g/mol. The number of benzene rings is 2. The molecule has 5 N–H and O–H groups in total. The lowest BCUT2D eigenvalue weighted by molar-refractivity contribution is 0.451. The number of nitrogens with zero attached hydrogens (tertiary/aromatic N) is 5. The summed E-state index contributed by atoms with van der Waals surface area (Å²) in [6.07, 6.45) is 0. The van der Waals surface area contributed by atoms with Crippen LogP contribution in [0.4, 0.5) is 11.9 Å². The summed E-state index contributed by atoms with van der Waals surface area (Å²) in [7, 11) is 0. The predicted molar refractivity (Wildman–Crippen MR) is 95.5 cm³/mol. The maximum absolute atomic E-state index is 9.62. The molecule has 0 aliphatic rings. The molecule has 0 spiro atoms. The lowest BCUT2D eigenvalue weighted by atomic mass is 10.2. The van der Waals surface area contributed by atoms with Gasteiger partial charge in [-0.05, 0) is 17.7 Å². The lowest BCUT2D eigenvalue weighted by Crippen LogP contribution is -2.09. The Bertz CT molecular complexity index is 1060. The molecule has 2 heterocycles. The molecule has 0 saturated heterocycles. The van der Waals surface area contributed by atoms with Crippen molar-refractivity contribution in [2.24, 2.45) is 0 Å². The van der Waals surface area contributed by atoms with E-state index in [2.05, 4.69) is 25.4 Å². The first kappa shape index (κ1) is 15.6. The second-order valence-corrected chi connectivity index (χ2v) is 5.63. The topological polar surface area (TPSA) is 134 Å². The van der Waals surface area contributed by atoms with Crippen LogP contribution in [0, 0.1) is 0 Å². The molecule has 0 bridgehead atoms. The van der Waals surface area contributed by atoms with Crippen LogP contribution >= 0.6 is 0 Å². The predicted octanol–water partition coefficient (Wildman–Crippen LogP) is 1.79. The van der Waals surface area contributed by atoms with Crippen LogP contribution in [0.1, 0.15) is 5.56 Å². The minimum atomic E-state index is -0.0943. The number of anilines is 2. The number of hydrogen-bond acceptors (Lipinski definition) is 8. The quantitative estimate of drug-likeness (QED) is 0.438. The largest absolute Gasteiger partial charge is 0.508 e. The van der Waals surface area contributed by atoms with Crippen molar-refractivity contribution in [3.63, 3.8) is 0 Å². The summed E-state index contributed by atoms with van der Waals surface area (Å²) < 4.78 is 1.30. The highest BCUT2D eigenvalue weighted by Crippen LogP contribution is 2.27. The van der Waals surface area contributed by atoms with Crippen LogP contribution in [0.25, 0.3) is 17.2 Å². The van der Waals surface area contributed by atoms with Gasteiger partial charge in [0.1, 0.15) is 11.5 Å². The van der Waals surface area contributed by atoms with Gasteiger partial charge < -0.3 is 21.3 Å². The zero-order valence-corrected chi connectivity index (χ0v) is 13.5. The average Bonchev–Trinajstić information content (AvgIpc) is 3.05. The van der Waals surface area contributed by atoms with Gasteiger partial charge in [-0.3, -0.25) is 0 Å². The van der Waals surface area contributed by atoms with Crippen LogP contribution in [0.15, 0.2) is 48.5 Å². The van der Waals surface area contributed by atoms with Gasteiger partial charge in [-0.1, -0.05) is 30.3 Å². The Morgan fingerprint density at radius 3 is 2.42 bits per heavy atom. The number of fused-ring (bicyclic) bond motifs is 1. The molecule has 130 valence electrons. The molecule has 0 amide bonds. The second-order valence-electron chi connectivity index (χ2n) is 5.63. The molecule has 26 heavy (non-hydrogen) atoms. The molecule has 0 fully saturated rings. The van der Waals surface area contributed by atoms with Gasteiger partial charge in [-0.25, -0.2) is 0 Å². The number of phenolic OH excluding ortho intramolecular Hbond substituents is 2. The molecule has 4 aromatic rings. The molecule has 0 aliphatic heterocycles. The summed E-state index contributed by atoms with van der Waals surface area (Å²) in [5.74, 6) is 0.778. The van der Waals surface area contributed by atoms with Gasteiger partial charge in [-0.15, -0.1) is 5.10 Å². The van der Waals surface area contributed by atoms with E-state index in [0.29, 0.717) is 18.1 Å². The van der Waals surface area contributed by atoms with Crippen LogP contribution in [0.2, 0.25) is 0 Å². The third-order valence-corrected chi connectivity index (χ3v) is 3.69. The maximum Gasteiger partial charge on any atom is 0.259 e. The van der Waals surface area contributed by atoms with Crippen LogP contribution in [-0.4, -0.2) is 34.8 Å². The summed E-state index contributed by atoms with van der Waals surface area (Å²) >= 11 is 0. The summed E-state index contributed by atoms with van der Waals surface area (Å²) in [4.78, 5) is 12.8. The van der Waals surface area contributed by atoms with Crippen molar-refractivity contribution < 1.29 is 10.2 Å². The fraction of sp³-hybridized carbons (Fsp3) is 0.0588. The van der Waals surface area contributed by atoms with Crippen LogP contribution < -0.4 is 11.1 Å². The smallest absolute Gasteiger partial charge is 0.259 e. The van der Waals surface area contributed by atoms with E-state index in [0.717, 1.165) is 5.56 Å². The highest BCUT2D eigenvalue weighted by atomic mass is 16.3. The van der Waals surface area contributed by atoms with Gasteiger partial charge in [-0.2, -0.15) is 19.5 Å². The van der Waals surface area contributed by atoms with E-state index in [1.165, 1.54) is 22.7 Å². The first-order valence-electron chi connectivity index (χ1n) is 7.80. The van der Waals surface area contributed by atoms with Gasteiger partial charge in [0, 0.05) is 18.2 Å². The van der Waals surface area contributed by atoms with Gasteiger partial charge >= 0.3 is 0 Å². The second kappa shape index (κ2) is 6.20. The van der Waals surface area contributed by atoms with Gasteiger partial charge in [0.25, 0.3) is 5.78 Å². The highest BCUT2D eigenvalue weighted by Gasteiger charge is 2.13. The number of nitrogens with two attached hydrogens (primary N) is 1. The SMILES string of the molecule is Nc1nc(NCc2ccccc2)nc2nc(-c3cc(O)cc(O)c3)nn12. The van der Waals surface area contributed by atoms with E-state index in [4.69, 9.17) is 5.73 Å². The Kier molecular flexibility index (Phi) is 3.73. The molecule has 9 nitrogen and oxygen atoms in total. The Labute approximate surface area is 147 Å². The molecule has 0 unspecified atom stereocenters. The number of hydrogen-bond donors (Lipinski definition) is 4. The summed E-state index contributed by atoms with van der Waals surface area (Å²) in [5, 5.41) is 26.6. The number of nitrogen functional groups attached to an aromatic ring is 1. The van der Waals surface area contributed by atoms with Crippen molar-refractivity contribution in [2.75, 3.05) is 11.1 Å². The van der Waals surface area contributed by atoms with Crippen molar-refractivity contribution in [1.82, 2.24) is 24.6 Å². The minimum Gasteiger partial charge on any atom is -0.508 e. The van der Waals surface area contributed by atoms with E-state index in [1.54, 1.807) is 0 Å². The van der Waals surface area contributed by atoms with E-state index < -0.39 is 0 Å². The Morgan fingerprint density at radius 2 is 1.69 bits per heavy atom. The zero-order chi connectivity index (χ0) is 18.1. The van der Waals surface area contributed by atoms with Crippen LogP contribution in [0.5, 0.6) is 11.5 Å². The molecular formula is C17H15N7O2. The van der Waals surface area contributed by atoms with Gasteiger partial charge in [0.15, 0.2) is 5.82 Å². The molecule has 2 aromatic carbocycles. The Hall–Kier alpha value is -3.88. The third-order valence-electron chi connectivity index (χ3n) is 3.69. The van der Waals surface area contributed by atoms with Crippen LogP contribution in [-0.2, 0) is 6.54 Å². The molecule has 0 radical (unpaired) electrons. The molecule has 2 aromatic heterocycles. The lowest BCUT2D eigenvalue weighted by Gasteiger charge is -2.05. The Balaban J connectivity index is 1.66. The molecule has 4 rings (SSSR count). The van der Waals surface area contributed by atoms with E-state index in [1.807, 2.05) is 30.3 Å². The number of aromatic hydroxyl groups is 2. The normalized spacial score (nSPS) is 10.9. The van der Waals surface area contributed by atoms with Crippen LogP contribution in [0.3, 0.4) is 0 Å². The number of rotatable bonds is 4. The molecule has 0 atom stereocenters. The first-order chi connectivity index (χ1) is 12.6. The zero-order valence-electron chi connectivity index (χ0n) is 13.5. The van der Waals surface area contributed by atoms with E-state index in [-0.39, 0.29) is 29.0 Å². The van der Waals surface area contributed by atoms with Crippen molar-refractivity contribution in [1.29, 1.82) is 0 Å². The minimum absolute atomic E-state index is 0.0943. The van der Waals surface area contributed by atoms with Crippen molar-refractivity contribution >= 4 is 17.7 Å². The maximum atomic E-state index is 9.62. The molecule has 0 aliphatic carbocycles. The number of phenols is 2. The standard InChI is InChI=1S/C17H15N7O2/c18-15-21-16(19-9-10-4-2-1-3-5-10)22-17-20-14(23-24(15)17)11-6-12(25)8-13(26)7-11/h1-8,25-26H,9H2,(H3,18,19,20,21,22,23). The molecule has 9 heteroatoms. The van der Waals surface area contributed by atoms with Gasteiger partial charge in [0.05, 0.1) is 0 Å². The molecule has 0 saturated carbocycles. The summed E-state index contributed by atoms with van der Waals surface area (Å²) in [5.41, 5.74) is 7.46. The summed E-state index contributed by atoms with van der Waals surface area (Å²) in [6, 6.07) is 13.9. The fourth-order valence-electron chi connectivity index (χ4n) is 2.51. The number of aromatic nitrogens is 5. The molecular weight excluding hydrogens is 334 g/mol. The summed E-state index contributed by atoms with van der Waals surface area (Å²) in [6.45, 7) is 0.540. The fourth-order valence-corrected chi connectivity index (χ4v) is 2.51. The van der Waals surface area contributed by atoms with Crippen molar-refractivity contribution in [3.05, 3.63) is 54.1 Å². The van der Waals surface area contributed by atoms with Gasteiger partial charge in [0.2, 0.25) is 11.9 Å². The number of nitrogens with one attached hydrogen (secondary N) is 1. The van der Waals surface area contributed by atoms with E-state index in [9.17, 15) is 10.2 Å². The van der Waals surface area contributed by atoms with Crippen molar-refractivity contribution in [2.45, 2.75) is 6.54 Å². The monoisotopic (exact) mass is 349 g/mol.